The van der Waals surface area contributed by atoms with Gasteiger partial charge in [0, 0.05) is 18.3 Å². The summed E-state index contributed by atoms with van der Waals surface area (Å²) >= 11 is 0. The Morgan fingerprint density at radius 3 is 2.47 bits per heavy atom. The molecule has 1 N–H and O–H groups in total. The summed E-state index contributed by atoms with van der Waals surface area (Å²) in [4.78, 5) is 24.1. The van der Waals surface area contributed by atoms with Crippen molar-refractivity contribution < 1.29 is 24.2 Å². The van der Waals surface area contributed by atoms with Gasteiger partial charge in [-0.05, 0) is 84.2 Å². The number of hydrogen-bond donors (Lipinski definition) is 1. The zero-order valence-corrected chi connectivity index (χ0v) is 24.9. The number of hydrogen-bond acceptors (Lipinski definition) is 5. The van der Waals surface area contributed by atoms with Crippen LogP contribution in [0, 0.1) is 39.4 Å². The lowest BCUT2D eigenvalue weighted by Gasteiger charge is -2.61. The maximum atomic E-state index is 12.4. The molecule has 4 aliphatic carbocycles. The van der Waals surface area contributed by atoms with Gasteiger partial charge in [-0.15, -0.1) is 0 Å². The molecule has 5 nitrogen and oxygen atoms in total. The van der Waals surface area contributed by atoms with Gasteiger partial charge in [-0.1, -0.05) is 72.8 Å². The predicted octanol–water partition coefficient (Wildman–Crippen LogP) is 6.95. The van der Waals surface area contributed by atoms with Crippen molar-refractivity contribution >= 4 is 12.4 Å². The minimum absolute atomic E-state index is 0.0380. The van der Waals surface area contributed by atoms with Crippen molar-refractivity contribution in [1.29, 1.82) is 0 Å². The molecule has 0 aromatic carbocycles. The van der Waals surface area contributed by atoms with E-state index in [1.54, 1.807) is 0 Å². The van der Waals surface area contributed by atoms with Crippen LogP contribution in [-0.2, 0) is 19.1 Å². The molecule has 2 fully saturated rings. The average Bonchev–Trinajstić information content (AvgIpc) is 3.06. The van der Waals surface area contributed by atoms with Gasteiger partial charge in [-0.2, -0.15) is 0 Å². The first-order valence-corrected chi connectivity index (χ1v) is 14.7. The van der Waals surface area contributed by atoms with Crippen LogP contribution in [0.5, 0.6) is 0 Å². The third-order valence-electron chi connectivity index (χ3n) is 11.9. The number of fused-ring (bicyclic) bond motifs is 5. The Labute approximate surface area is 230 Å². The van der Waals surface area contributed by atoms with Gasteiger partial charge in [0.2, 0.25) is 0 Å². The molecule has 2 saturated carbocycles. The summed E-state index contributed by atoms with van der Waals surface area (Å²) in [5.41, 5.74) is 2.99. The van der Waals surface area contributed by atoms with Crippen LogP contribution in [0.4, 0.5) is 0 Å². The Morgan fingerprint density at radius 1 is 1.18 bits per heavy atom. The predicted molar refractivity (Wildman–Crippen MR) is 150 cm³/mol. The fraction of sp³-hybridized carbons (Fsp3) is 0.758. The number of carbonyl (C=O) groups excluding carboxylic acids is 2. The second kappa shape index (κ2) is 9.94. The lowest BCUT2D eigenvalue weighted by Crippen LogP contribution is -2.56. The number of esters is 1. The standard InChI is InChI=1S/C33H50O5/c1-20(2)21(3)10-12-26(37-19-34)25-18-29(38-22(4)35)33(9)24-11-13-27-30(5,6)28(36)15-16-31(27,7)23(24)14-17-32(25,33)8/h11,14,19-20,25-29,36H,3,10,12-13,15-18H2,1-2,4-9H3/t25-,26-,27+,28+,29+,31-,32-,33-/m1/s1. The molecule has 0 radical (unpaired) electrons. The summed E-state index contributed by atoms with van der Waals surface area (Å²) in [5.74, 6) is 0.513. The van der Waals surface area contributed by atoms with Gasteiger partial charge in [0.25, 0.3) is 6.47 Å². The summed E-state index contributed by atoms with van der Waals surface area (Å²) in [7, 11) is 0. The fourth-order valence-electron chi connectivity index (χ4n) is 9.03. The lowest BCUT2D eigenvalue weighted by atomic mass is 9.44. The van der Waals surface area contributed by atoms with E-state index in [0.717, 1.165) is 44.1 Å². The molecular weight excluding hydrogens is 476 g/mol. The first-order chi connectivity index (χ1) is 17.6. The third kappa shape index (κ3) is 4.22. The van der Waals surface area contributed by atoms with Crippen LogP contribution in [0.25, 0.3) is 0 Å². The fourth-order valence-corrected chi connectivity index (χ4v) is 9.03. The summed E-state index contributed by atoms with van der Waals surface area (Å²) in [5, 5.41) is 10.9. The SMILES string of the molecule is C=C(CC[C@@H](OC=O)[C@H]1C[C@H](OC(C)=O)[C@@]2(C)C3=CC[C@H]4C(C)(C)[C@@H](O)CC[C@]4(C)C3=CC[C@]12C)C(C)C. The number of aliphatic hydroxyl groups excluding tert-OH is 1. The Kier molecular flexibility index (Phi) is 7.62. The molecule has 0 spiro atoms. The molecule has 4 aliphatic rings. The molecule has 0 saturated heterocycles. The van der Waals surface area contributed by atoms with Gasteiger partial charge in [0.1, 0.15) is 12.2 Å². The van der Waals surface area contributed by atoms with Crippen LogP contribution < -0.4 is 0 Å². The van der Waals surface area contributed by atoms with E-state index in [2.05, 4.69) is 67.2 Å². The Hall–Kier alpha value is -1.88. The van der Waals surface area contributed by atoms with Gasteiger partial charge in [-0.25, -0.2) is 0 Å². The van der Waals surface area contributed by atoms with Crippen LogP contribution in [0.3, 0.4) is 0 Å². The molecule has 5 heteroatoms. The monoisotopic (exact) mass is 526 g/mol. The molecule has 0 aromatic heterocycles. The largest absolute Gasteiger partial charge is 0.464 e. The number of aliphatic hydroxyl groups is 1. The minimum atomic E-state index is -0.402. The van der Waals surface area contributed by atoms with Crippen LogP contribution >= 0.6 is 0 Å². The van der Waals surface area contributed by atoms with E-state index in [9.17, 15) is 14.7 Å². The molecule has 0 aromatic rings. The highest BCUT2D eigenvalue weighted by Gasteiger charge is 2.68. The van der Waals surface area contributed by atoms with E-state index in [0.29, 0.717) is 24.7 Å². The number of allylic oxidation sites excluding steroid dienone is 4. The smallest absolute Gasteiger partial charge is 0.302 e. The topological polar surface area (TPSA) is 72.8 Å². The Bertz CT molecular complexity index is 1040. The van der Waals surface area contributed by atoms with Crippen LogP contribution in [0.15, 0.2) is 35.5 Å². The molecule has 0 amide bonds. The maximum absolute atomic E-state index is 12.4. The van der Waals surface area contributed by atoms with E-state index in [-0.39, 0.29) is 46.4 Å². The lowest BCUT2D eigenvalue weighted by molar-refractivity contribution is -0.152. The van der Waals surface area contributed by atoms with Crippen molar-refractivity contribution in [3.8, 4) is 0 Å². The van der Waals surface area contributed by atoms with Gasteiger partial charge < -0.3 is 14.6 Å². The van der Waals surface area contributed by atoms with Crippen molar-refractivity contribution in [2.45, 2.75) is 119 Å². The van der Waals surface area contributed by atoms with Crippen molar-refractivity contribution in [2.75, 3.05) is 0 Å². The highest BCUT2D eigenvalue weighted by atomic mass is 16.5. The van der Waals surface area contributed by atoms with E-state index < -0.39 is 5.41 Å². The van der Waals surface area contributed by atoms with Gasteiger partial charge >= 0.3 is 5.97 Å². The Morgan fingerprint density at radius 2 is 1.87 bits per heavy atom. The van der Waals surface area contributed by atoms with Crippen LogP contribution in [0.1, 0.15) is 100 Å². The highest BCUT2D eigenvalue weighted by Crippen LogP contribution is 2.72. The average molecular weight is 527 g/mol. The third-order valence-corrected chi connectivity index (χ3v) is 11.9. The first-order valence-electron chi connectivity index (χ1n) is 14.7. The summed E-state index contributed by atoms with van der Waals surface area (Å²) < 4.78 is 12.0. The molecule has 212 valence electrons. The van der Waals surface area contributed by atoms with Gasteiger partial charge in [-0.3, -0.25) is 9.59 Å². The molecular formula is C33H50O5. The second-order valence-corrected chi connectivity index (χ2v) is 14.2. The van der Waals surface area contributed by atoms with Gasteiger partial charge in [0.15, 0.2) is 0 Å². The summed E-state index contributed by atoms with van der Waals surface area (Å²) in [6.07, 6.45) is 9.67. The van der Waals surface area contributed by atoms with Crippen molar-refractivity contribution in [1.82, 2.24) is 0 Å². The second-order valence-electron chi connectivity index (χ2n) is 14.2. The maximum Gasteiger partial charge on any atom is 0.302 e. The van der Waals surface area contributed by atoms with E-state index in [4.69, 9.17) is 9.47 Å². The van der Waals surface area contributed by atoms with E-state index in [1.807, 2.05) is 0 Å². The molecule has 4 rings (SSSR count). The zero-order chi connectivity index (χ0) is 28.3. The van der Waals surface area contributed by atoms with E-state index >= 15 is 0 Å². The summed E-state index contributed by atoms with van der Waals surface area (Å²) in [6, 6.07) is 0. The minimum Gasteiger partial charge on any atom is -0.464 e. The van der Waals surface area contributed by atoms with Crippen LogP contribution in [-0.4, -0.2) is 35.9 Å². The number of ether oxygens (including phenoxy) is 2. The molecule has 0 unspecified atom stereocenters. The molecule has 0 bridgehead atoms. The van der Waals surface area contributed by atoms with Gasteiger partial charge in [0.05, 0.1) is 6.10 Å². The van der Waals surface area contributed by atoms with Crippen LogP contribution in [0.2, 0.25) is 0 Å². The molecule has 0 aliphatic heterocycles. The van der Waals surface area contributed by atoms with Crippen molar-refractivity contribution in [3.63, 3.8) is 0 Å². The first kappa shape index (κ1) is 29.1. The highest BCUT2D eigenvalue weighted by molar-refractivity contribution is 5.66. The molecule has 38 heavy (non-hydrogen) atoms. The number of carbonyl (C=O) groups is 2. The molecule has 0 heterocycles. The molecule has 8 atom stereocenters. The Balaban J connectivity index is 1.78. The van der Waals surface area contributed by atoms with Crippen molar-refractivity contribution in [2.24, 2.45) is 39.4 Å². The zero-order valence-electron chi connectivity index (χ0n) is 24.9. The quantitative estimate of drug-likeness (QED) is 0.210. The number of rotatable bonds is 8. The normalized spacial score (nSPS) is 40.2. The summed E-state index contributed by atoms with van der Waals surface area (Å²) in [6.45, 7) is 22.0. The van der Waals surface area contributed by atoms with E-state index in [1.165, 1.54) is 18.1 Å². The van der Waals surface area contributed by atoms with Crippen molar-refractivity contribution in [3.05, 3.63) is 35.5 Å².